The molecule has 1 unspecified atom stereocenters. The largest absolute Gasteiger partial charge is 0.487 e. The fourth-order valence-corrected chi connectivity index (χ4v) is 4.52. The summed E-state index contributed by atoms with van der Waals surface area (Å²) in [4.78, 5) is 7.10. The van der Waals surface area contributed by atoms with E-state index >= 15 is 0 Å². The van der Waals surface area contributed by atoms with Crippen molar-refractivity contribution < 1.29 is 13.2 Å². The lowest BCUT2D eigenvalue weighted by atomic mass is 10.2. The Balaban J connectivity index is 1.70. The van der Waals surface area contributed by atoms with E-state index in [4.69, 9.17) is 4.74 Å². The maximum atomic E-state index is 12.8. The van der Waals surface area contributed by atoms with Crippen LogP contribution in [0.1, 0.15) is 6.42 Å². The Morgan fingerprint density at radius 3 is 2.62 bits per heavy atom. The van der Waals surface area contributed by atoms with E-state index in [9.17, 15) is 8.42 Å². The predicted octanol–water partition coefficient (Wildman–Crippen LogP) is 3.15. The highest BCUT2D eigenvalue weighted by Crippen LogP contribution is 2.29. The molecule has 1 aliphatic rings. The minimum absolute atomic E-state index is 0.139. The van der Waals surface area contributed by atoms with Crippen LogP contribution in [0.5, 0.6) is 5.75 Å². The molecule has 1 saturated heterocycles. The van der Waals surface area contributed by atoms with Gasteiger partial charge in [0.15, 0.2) is 0 Å². The molecule has 0 radical (unpaired) electrons. The number of aromatic nitrogens is 1. The molecule has 2 aromatic carbocycles. The van der Waals surface area contributed by atoms with Crippen LogP contribution in [0.2, 0.25) is 0 Å². The van der Waals surface area contributed by atoms with Gasteiger partial charge in [0.25, 0.3) is 0 Å². The molecule has 3 aromatic rings. The van der Waals surface area contributed by atoms with Crippen LogP contribution in [0.4, 0.5) is 0 Å². The Morgan fingerprint density at radius 2 is 1.88 bits per heavy atom. The normalized spacial score (nSPS) is 18.3. The molecule has 4 rings (SSSR count). The van der Waals surface area contributed by atoms with E-state index in [0.717, 1.165) is 24.9 Å². The van der Waals surface area contributed by atoms with E-state index in [1.807, 2.05) is 18.2 Å². The summed E-state index contributed by atoms with van der Waals surface area (Å²) >= 11 is 0. The quantitative estimate of drug-likeness (QED) is 0.708. The summed E-state index contributed by atoms with van der Waals surface area (Å²) in [7, 11) is -1.51. The molecule has 2 heterocycles. The van der Waals surface area contributed by atoms with Crippen molar-refractivity contribution in [2.24, 2.45) is 0 Å². The van der Waals surface area contributed by atoms with Gasteiger partial charge in [-0.25, -0.2) is 8.42 Å². The third-order valence-corrected chi connectivity index (χ3v) is 6.39. The molecule has 0 N–H and O–H groups in total. The number of hydrogen-bond donors (Lipinski definition) is 0. The van der Waals surface area contributed by atoms with Crippen LogP contribution >= 0.6 is 0 Å². The molecular weight excluding hydrogens is 348 g/mol. The zero-order valence-electron chi connectivity index (χ0n) is 14.5. The van der Waals surface area contributed by atoms with Crippen LogP contribution in [0.15, 0.2) is 70.6 Å². The Kier molecular flexibility index (Phi) is 4.38. The van der Waals surface area contributed by atoms with Crippen molar-refractivity contribution in [3.8, 4) is 5.75 Å². The fourth-order valence-electron chi connectivity index (χ4n) is 3.26. The number of hydrogen-bond acceptors (Lipinski definition) is 5. The predicted molar refractivity (Wildman–Crippen MR) is 100 cm³/mol. The number of para-hydroxylation sites is 1. The topological polar surface area (TPSA) is 59.5 Å². The molecule has 0 aliphatic carbocycles. The summed E-state index contributed by atoms with van der Waals surface area (Å²) in [6.45, 7) is 1.90. The second-order valence-corrected chi connectivity index (χ2v) is 8.56. The first-order chi connectivity index (χ1) is 12.5. The molecule has 0 bridgehead atoms. The van der Waals surface area contributed by atoms with Gasteiger partial charge in [-0.1, -0.05) is 30.3 Å². The van der Waals surface area contributed by atoms with Crippen LogP contribution in [0.3, 0.4) is 0 Å². The first-order valence-corrected chi connectivity index (χ1v) is 10.1. The van der Waals surface area contributed by atoms with Gasteiger partial charge in [0.1, 0.15) is 17.4 Å². The first kappa shape index (κ1) is 17.0. The lowest BCUT2D eigenvalue weighted by Gasteiger charge is -2.15. The molecule has 1 fully saturated rings. The SMILES string of the molecule is CN1CCC(Oc2cccc3cc(S(=O)(=O)c4ccccc4)cnc23)C1. The van der Waals surface area contributed by atoms with Crippen LogP contribution in [-0.4, -0.2) is 44.5 Å². The lowest BCUT2D eigenvalue weighted by molar-refractivity contribution is 0.210. The van der Waals surface area contributed by atoms with E-state index < -0.39 is 9.84 Å². The van der Waals surface area contributed by atoms with Gasteiger partial charge >= 0.3 is 0 Å². The van der Waals surface area contributed by atoms with E-state index in [0.29, 0.717) is 11.3 Å². The Bertz CT molecular complexity index is 1040. The molecular formula is C20H20N2O3S. The van der Waals surface area contributed by atoms with E-state index in [1.165, 1.54) is 6.20 Å². The van der Waals surface area contributed by atoms with Crippen molar-refractivity contribution in [1.29, 1.82) is 0 Å². The van der Waals surface area contributed by atoms with Crippen molar-refractivity contribution in [1.82, 2.24) is 9.88 Å². The number of fused-ring (bicyclic) bond motifs is 1. The summed E-state index contributed by atoms with van der Waals surface area (Å²) in [6, 6.07) is 15.7. The van der Waals surface area contributed by atoms with Gasteiger partial charge in [0, 0.05) is 24.7 Å². The molecule has 0 spiro atoms. The van der Waals surface area contributed by atoms with Crippen molar-refractivity contribution >= 4 is 20.7 Å². The first-order valence-electron chi connectivity index (χ1n) is 8.58. The summed E-state index contributed by atoms with van der Waals surface area (Å²) < 4.78 is 31.7. The third-order valence-electron chi connectivity index (χ3n) is 4.65. The Hall–Kier alpha value is -2.44. The number of likely N-dealkylation sites (N-methyl/N-ethyl adjacent to an activating group) is 1. The second kappa shape index (κ2) is 6.70. The van der Waals surface area contributed by atoms with E-state index in [1.54, 1.807) is 36.4 Å². The van der Waals surface area contributed by atoms with Crippen molar-refractivity contribution in [3.05, 3.63) is 60.8 Å². The summed E-state index contributed by atoms with van der Waals surface area (Å²) in [5.41, 5.74) is 0.689. The van der Waals surface area contributed by atoms with Crippen molar-refractivity contribution in [2.45, 2.75) is 22.3 Å². The number of benzene rings is 2. The average Bonchev–Trinajstić information content (AvgIpc) is 3.07. The minimum Gasteiger partial charge on any atom is -0.487 e. The zero-order chi connectivity index (χ0) is 18.1. The Morgan fingerprint density at radius 1 is 1.08 bits per heavy atom. The molecule has 1 aliphatic heterocycles. The fraction of sp³-hybridized carbons (Fsp3) is 0.250. The molecule has 26 heavy (non-hydrogen) atoms. The van der Waals surface area contributed by atoms with Gasteiger partial charge in [-0.15, -0.1) is 0 Å². The summed E-state index contributed by atoms with van der Waals surface area (Å²) in [6.07, 6.45) is 2.53. The monoisotopic (exact) mass is 368 g/mol. The summed E-state index contributed by atoms with van der Waals surface area (Å²) in [5.74, 6) is 0.700. The number of ether oxygens (including phenoxy) is 1. The maximum Gasteiger partial charge on any atom is 0.208 e. The third kappa shape index (κ3) is 3.18. The van der Waals surface area contributed by atoms with Crippen molar-refractivity contribution in [2.75, 3.05) is 20.1 Å². The molecule has 0 saturated carbocycles. The maximum absolute atomic E-state index is 12.8. The van der Waals surface area contributed by atoms with Gasteiger partial charge in [-0.05, 0) is 37.7 Å². The number of nitrogens with zero attached hydrogens (tertiary/aromatic N) is 2. The molecule has 1 aromatic heterocycles. The van der Waals surface area contributed by atoms with E-state index in [2.05, 4.69) is 16.9 Å². The van der Waals surface area contributed by atoms with Crippen LogP contribution in [0.25, 0.3) is 10.9 Å². The number of pyridine rings is 1. The van der Waals surface area contributed by atoms with Gasteiger partial charge in [0.05, 0.1) is 9.79 Å². The minimum atomic E-state index is -3.58. The lowest BCUT2D eigenvalue weighted by Crippen LogP contribution is -2.21. The van der Waals surface area contributed by atoms with Crippen LogP contribution in [-0.2, 0) is 9.84 Å². The molecule has 134 valence electrons. The number of likely N-dealkylation sites (tertiary alicyclic amines) is 1. The van der Waals surface area contributed by atoms with Gasteiger partial charge in [0.2, 0.25) is 9.84 Å². The number of sulfone groups is 1. The molecule has 0 amide bonds. The zero-order valence-corrected chi connectivity index (χ0v) is 15.3. The van der Waals surface area contributed by atoms with Gasteiger partial charge in [-0.3, -0.25) is 4.98 Å². The van der Waals surface area contributed by atoms with Gasteiger partial charge in [-0.2, -0.15) is 0 Å². The summed E-state index contributed by atoms with van der Waals surface area (Å²) in [5, 5.41) is 0.755. The van der Waals surface area contributed by atoms with Crippen molar-refractivity contribution in [3.63, 3.8) is 0 Å². The van der Waals surface area contributed by atoms with Crippen LogP contribution < -0.4 is 4.74 Å². The smallest absolute Gasteiger partial charge is 0.208 e. The number of rotatable bonds is 4. The molecule has 1 atom stereocenters. The molecule has 5 nitrogen and oxygen atoms in total. The Labute approximate surface area is 153 Å². The highest BCUT2D eigenvalue weighted by Gasteiger charge is 2.23. The molecule has 6 heteroatoms. The highest BCUT2D eigenvalue weighted by molar-refractivity contribution is 7.91. The average molecular weight is 368 g/mol. The van der Waals surface area contributed by atoms with E-state index in [-0.39, 0.29) is 15.9 Å². The second-order valence-electron chi connectivity index (χ2n) is 6.61. The van der Waals surface area contributed by atoms with Crippen LogP contribution in [0, 0.1) is 0 Å². The highest BCUT2D eigenvalue weighted by atomic mass is 32.2. The standard InChI is InChI=1S/C20H20N2O3S/c1-22-11-10-16(14-22)25-19-9-5-6-15-12-18(13-21-20(15)19)26(23,24)17-7-3-2-4-8-17/h2-9,12-13,16H,10-11,14H2,1H3. The van der Waals surface area contributed by atoms with Gasteiger partial charge < -0.3 is 9.64 Å².